The molecule has 0 spiro atoms. The first kappa shape index (κ1) is 22.5. The van der Waals surface area contributed by atoms with E-state index in [1.807, 2.05) is 19.9 Å². The summed E-state index contributed by atoms with van der Waals surface area (Å²) in [5.41, 5.74) is 1.87. The SMILES string of the molecule is Cc1cc(C)c(C)c(C(=O)P(=O)(C(=O)c2c(Cl)cccc2Cl)c2ccccc2)c1C. The molecule has 3 aromatic rings. The molecule has 0 amide bonds. The molecular formula is C24H21Cl2O3P. The number of carbonyl (C=O) groups excluding carboxylic acids is 2. The van der Waals surface area contributed by atoms with Gasteiger partial charge >= 0.3 is 0 Å². The molecule has 0 radical (unpaired) electrons. The van der Waals surface area contributed by atoms with Crippen LogP contribution in [0, 0.1) is 27.7 Å². The lowest BCUT2D eigenvalue weighted by Crippen LogP contribution is -2.22. The maximum absolute atomic E-state index is 14.4. The lowest BCUT2D eigenvalue weighted by Gasteiger charge is -2.21. The van der Waals surface area contributed by atoms with Crippen LogP contribution in [0.15, 0.2) is 54.6 Å². The zero-order chi connectivity index (χ0) is 22.2. The molecule has 154 valence electrons. The van der Waals surface area contributed by atoms with Gasteiger partial charge in [-0.2, -0.15) is 0 Å². The minimum atomic E-state index is -4.29. The fourth-order valence-corrected chi connectivity index (χ4v) is 6.67. The van der Waals surface area contributed by atoms with Crippen LogP contribution in [0.1, 0.15) is 43.0 Å². The summed E-state index contributed by atoms with van der Waals surface area (Å²) in [6.07, 6.45) is 0. The smallest absolute Gasteiger partial charge is 0.248 e. The zero-order valence-corrected chi connectivity index (χ0v) is 19.5. The van der Waals surface area contributed by atoms with Gasteiger partial charge in [-0.25, -0.2) is 0 Å². The molecule has 30 heavy (non-hydrogen) atoms. The Morgan fingerprint density at radius 1 is 0.700 bits per heavy atom. The first-order valence-electron chi connectivity index (χ1n) is 9.37. The van der Waals surface area contributed by atoms with E-state index in [-0.39, 0.29) is 20.9 Å². The molecular weight excluding hydrogens is 438 g/mol. The highest BCUT2D eigenvalue weighted by Crippen LogP contribution is 2.53. The lowest BCUT2D eigenvalue weighted by molar-refractivity contribution is 0.104. The van der Waals surface area contributed by atoms with Gasteiger partial charge in [0, 0.05) is 10.9 Å². The molecule has 0 fully saturated rings. The van der Waals surface area contributed by atoms with Crippen LogP contribution in [0.4, 0.5) is 0 Å². The number of aryl methyl sites for hydroxylation is 2. The highest BCUT2D eigenvalue weighted by molar-refractivity contribution is 8.01. The third-order valence-electron chi connectivity index (χ3n) is 5.45. The van der Waals surface area contributed by atoms with E-state index in [2.05, 4.69) is 0 Å². The number of carbonyl (C=O) groups is 2. The van der Waals surface area contributed by atoms with Crippen molar-refractivity contribution in [3.05, 3.63) is 98.0 Å². The van der Waals surface area contributed by atoms with Gasteiger partial charge in [0.2, 0.25) is 18.2 Å². The van der Waals surface area contributed by atoms with Crippen molar-refractivity contribution in [1.29, 1.82) is 0 Å². The minimum Gasteiger partial charge on any atom is -0.302 e. The molecule has 0 bridgehead atoms. The summed E-state index contributed by atoms with van der Waals surface area (Å²) < 4.78 is 14.4. The van der Waals surface area contributed by atoms with Crippen LogP contribution in [-0.2, 0) is 4.57 Å². The standard InChI is InChI=1S/C24H21Cl2O3P/c1-14-13-15(2)17(4)21(16(14)3)23(27)30(29,18-9-6-5-7-10-18)24(28)22-19(25)11-8-12-20(22)26/h5-13H,1-4H3. The van der Waals surface area contributed by atoms with Gasteiger partial charge in [0.15, 0.2) is 0 Å². The van der Waals surface area contributed by atoms with Crippen molar-refractivity contribution in [2.75, 3.05) is 0 Å². The summed E-state index contributed by atoms with van der Waals surface area (Å²) >= 11 is 12.5. The molecule has 0 saturated carbocycles. The van der Waals surface area contributed by atoms with Crippen molar-refractivity contribution in [3.63, 3.8) is 0 Å². The molecule has 0 aliphatic carbocycles. The van der Waals surface area contributed by atoms with Crippen LogP contribution in [0.3, 0.4) is 0 Å². The predicted molar refractivity (Wildman–Crippen MR) is 124 cm³/mol. The number of hydrogen-bond acceptors (Lipinski definition) is 3. The molecule has 0 aliphatic heterocycles. The van der Waals surface area contributed by atoms with Gasteiger partial charge < -0.3 is 4.57 Å². The Morgan fingerprint density at radius 2 is 1.17 bits per heavy atom. The molecule has 0 saturated heterocycles. The van der Waals surface area contributed by atoms with Crippen LogP contribution in [0.25, 0.3) is 0 Å². The maximum Gasteiger partial charge on any atom is 0.248 e. The van der Waals surface area contributed by atoms with Gasteiger partial charge in [0.05, 0.1) is 15.6 Å². The van der Waals surface area contributed by atoms with Gasteiger partial charge in [0.1, 0.15) is 0 Å². The fourth-order valence-electron chi connectivity index (χ4n) is 3.52. The third-order valence-corrected chi connectivity index (χ3v) is 8.69. The van der Waals surface area contributed by atoms with E-state index in [9.17, 15) is 14.2 Å². The summed E-state index contributed by atoms with van der Waals surface area (Å²) in [6.45, 7) is 7.38. The lowest BCUT2D eigenvalue weighted by atomic mass is 9.95. The van der Waals surface area contributed by atoms with E-state index < -0.39 is 18.2 Å². The normalized spacial score (nSPS) is 13.0. The van der Waals surface area contributed by atoms with Crippen molar-refractivity contribution < 1.29 is 14.2 Å². The average molecular weight is 459 g/mol. The Balaban J connectivity index is 2.35. The maximum atomic E-state index is 14.4. The van der Waals surface area contributed by atoms with Crippen molar-refractivity contribution in [2.24, 2.45) is 0 Å². The Kier molecular flexibility index (Phi) is 6.38. The first-order chi connectivity index (χ1) is 14.1. The molecule has 3 aromatic carbocycles. The Bertz CT molecular complexity index is 1170. The van der Waals surface area contributed by atoms with Crippen molar-refractivity contribution >= 4 is 46.7 Å². The van der Waals surface area contributed by atoms with Crippen LogP contribution in [0.5, 0.6) is 0 Å². The van der Waals surface area contributed by atoms with Gasteiger partial charge in [-0.3, -0.25) is 9.59 Å². The van der Waals surface area contributed by atoms with Crippen molar-refractivity contribution in [1.82, 2.24) is 0 Å². The second-order valence-electron chi connectivity index (χ2n) is 7.29. The highest BCUT2D eigenvalue weighted by Gasteiger charge is 2.45. The van der Waals surface area contributed by atoms with Crippen LogP contribution in [0.2, 0.25) is 10.0 Å². The van der Waals surface area contributed by atoms with Crippen molar-refractivity contribution in [2.45, 2.75) is 27.7 Å². The summed E-state index contributed by atoms with van der Waals surface area (Å²) in [5, 5.41) is 0.282. The monoisotopic (exact) mass is 458 g/mol. The fraction of sp³-hybridized carbons (Fsp3) is 0.167. The second kappa shape index (κ2) is 8.51. The van der Waals surface area contributed by atoms with E-state index in [4.69, 9.17) is 23.2 Å². The summed E-state index contributed by atoms with van der Waals surface area (Å²) in [7, 11) is -4.29. The van der Waals surface area contributed by atoms with Crippen LogP contribution < -0.4 is 5.30 Å². The molecule has 1 unspecified atom stereocenters. The molecule has 6 heteroatoms. The zero-order valence-electron chi connectivity index (χ0n) is 17.1. The van der Waals surface area contributed by atoms with Gasteiger partial charge in [0.25, 0.3) is 0 Å². The van der Waals surface area contributed by atoms with E-state index in [1.165, 1.54) is 24.3 Å². The molecule has 0 heterocycles. The summed E-state index contributed by atoms with van der Waals surface area (Å²) in [6, 6.07) is 14.7. The van der Waals surface area contributed by atoms with Crippen LogP contribution in [-0.4, -0.2) is 11.0 Å². The van der Waals surface area contributed by atoms with E-state index in [0.29, 0.717) is 16.7 Å². The largest absolute Gasteiger partial charge is 0.302 e. The predicted octanol–water partition coefficient (Wildman–Crippen LogP) is 6.90. The highest BCUT2D eigenvalue weighted by atomic mass is 35.5. The minimum absolute atomic E-state index is 0.0605. The first-order valence-corrected chi connectivity index (χ1v) is 11.8. The third kappa shape index (κ3) is 3.67. The number of benzene rings is 3. The van der Waals surface area contributed by atoms with Gasteiger partial charge in [-0.1, -0.05) is 65.7 Å². The number of rotatable bonds is 5. The second-order valence-corrected chi connectivity index (χ2v) is 10.6. The van der Waals surface area contributed by atoms with Gasteiger partial charge in [-0.05, 0) is 62.1 Å². The molecule has 3 rings (SSSR count). The molecule has 0 N–H and O–H groups in total. The Morgan fingerprint density at radius 3 is 1.67 bits per heavy atom. The number of halogens is 2. The Hall–Kier alpha value is -2.19. The molecule has 1 atom stereocenters. The van der Waals surface area contributed by atoms with E-state index >= 15 is 0 Å². The molecule has 0 aromatic heterocycles. The number of hydrogen-bond donors (Lipinski definition) is 0. The van der Waals surface area contributed by atoms with E-state index in [1.54, 1.807) is 38.1 Å². The van der Waals surface area contributed by atoms with E-state index in [0.717, 1.165) is 11.1 Å². The van der Waals surface area contributed by atoms with Crippen molar-refractivity contribution in [3.8, 4) is 0 Å². The topological polar surface area (TPSA) is 51.2 Å². The summed E-state index contributed by atoms with van der Waals surface area (Å²) in [5.74, 6) is 0. The quantitative estimate of drug-likeness (QED) is 0.390. The molecule has 3 nitrogen and oxygen atoms in total. The van der Waals surface area contributed by atoms with Gasteiger partial charge in [-0.15, -0.1) is 0 Å². The van der Waals surface area contributed by atoms with Crippen LogP contribution >= 0.6 is 30.3 Å². The Labute approximate surface area is 186 Å². The molecule has 0 aliphatic rings. The average Bonchev–Trinajstić information content (AvgIpc) is 2.72. The summed E-state index contributed by atoms with van der Waals surface area (Å²) in [4.78, 5) is 27.5.